The molecule has 5 rings (SSSR count). The lowest BCUT2D eigenvalue weighted by molar-refractivity contribution is -0.142. The normalized spacial score (nSPS) is 14.5. The number of methoxy groups -OCH3 is 1. The van der Waals surface area contributed by atoms with Gasteiger partial charge in [-0.2, -0.15) is 0 Å². The van der Waals surface area contributed by atoms with E-state index in [0.717, 1.165) is 28.7 Å². The van der Waals surface area contributed by atoms with Gasteiger partial charge >= 0.3 is 0 Å². The average Bonchev–Trinajstić information content (AvgIpc) is 3.43. The first-order chi connectivity index (χ1) is 19.3. The van der Waals surface area contributed by atoms with E-state index < -0.39 is 6.04 Å². The van der Waals surface area contributed by atoms with E-state index >= 15 is 0 Å². The standard InChI is InChI=1S/C31H27Cl2FN2O3S/c1-39-24-9-4-20(5-10-24)16-29(37)35(18-21-2-7-23(34)8-3-21)19-30(38)36-14-12-28-26(13-15-40-28)31(36)25-11-6-22(32)17-27(25)33/h2-11,13,15,17,31H,12,14,16,18-19H2,1H3. The van der Waals surface area contributed by atoms with Crippen LogP contribution in [0.3, 0.4) is 0 Å². The van der Waals surface area contributed by atoms with Crippen molar-refractivity contribution in [3.05, 3.63) is 121 Å². The molecule has 1 aliphatic heterocycles. The van der Waals surface area contributed by atoms with Gasteiger partial charge in [0, 0.05) is 28.0 Å². The van der Waals surface area contributed by atoms with E-state index in [1.807, 2.05) is 29.6 Å². The minimum absolute atomic E-state index is 0.111. The van der Waals surface area contributed by atoms with Crippen LogP contribution in [0.2, 0.25) is 10.0 Å². The highest BCUT2D eigenvalue weighted by molar-refractivity contribution is 7.10. The number of rotatable bonds is 8. The largest absolute Gasteiger partial charge is 0.497 e. The quantitative estimate of drug-likeness (QED) is 0.221. The summed E-state index contributed by atoms with van der Waals surface area (Å²) in [5, 5.41) is 3.02. The highest BCUT2D eigenvalue weighted by Gasteiger charge is 2.35. The summed E-state index contributed by atoms with van der Waals surface area (Å²) in [6, 6.07) is 20.2. The summed E-state index contributed by atoms with van der Waals surface area (Å²) >= 11 is 14.5. The van der Waals surface area contributed by atoms with Gasteiger partial charge in [0.2, 0.25) is 11.8 Å². The van der Waals surface area contributed by atoms with Crippen LogP contribution >= 0.6 is 34.5 Å². The third kappa shape index (κ3) is 6.33. The van der Waals surface area contributed by atoms with Crippen LogP contribution in [-0.2, 0) is 29.0 Å². The minimum atomic E-state index is -0.392. The van der Waals surface area contributed by atoms with Gasteiger partial charge in [-0.1, -0.05) is 53.5 Å². The van der Waals surface area contributed by atoms with Gasteiger partial charge in [0.25, 0.3) is 0 Å². The average molecular weight is 598 g/mol. The Kier molecular flexibility index (Phi) is 8.74. The van der Waals surface area contributed by atoms with Crippen LogP contribution < -0.4 is 4.74 Å². The van der Waals surface area contributed by atoms with E-state index in [1.165, 1.54) is 21.9 Å². The number of ether oxygens (including phenoxy) is 1. The number of benzene rings is 3. The molecule has 0 radical (unpaired) electrons. The van der Waals surface area contributed by atoms with Crippen molar-refractivity contribution >= 4 is 46.4 Å². The fourth-order valence-corrected chi connectivity index (χ4v) is 6.39. The summed E-state index contributed by atoms with van der Waals surface area (Å²) < 4.78 is 18.8. The molecule has 9 heteroatoms. The lowest BCUT2D eigenvalue weighted by Gasteiger charge is -2.38. The first-order valence-corrected chi connectivity index (χ1v) is 14.4. The van der Waals surface area contributed by atoms with Crippen LogP contribution in [0.1, 0.15) is 33.2 Å². The van der Waals surface area contributed by atoms with Gasteiger partial charge in [0.1, 0.15) is 18.1 Å². The second kappa shape index (κ2) is 12.4. The smallest absolute Gasteiger partial charge is 0.243 e. The molecule has 0 saturated heterocycles. The van der Waals surface area contributed by atoms with Gasteiger partial charge in [0.15, 0.2) is 0 Å². The molecule has 3 aromatic carbocycles. The Bertz CT molecular complexity index is 1510. The Morgan fingerprint density at radius 1 is 1.00 bits per heavy atom. The third-order valence-electron chi connectivity index (χ3n) is 7.02. The minimum Gasteiger partial charge on any atom is -0.497 e. The van der Waals surface area contributed by atoms with Crippen molar-refractivity contribution in [1.29, 1.82) is 0 Å². The van der Waals surface area contributed by atoms with Gasteiger partial charge in [-0.25, -0.2) is 4.39 Å². The molecule has 5 nitrogen and oxygen atoms in total. The number of halogens is 3. The highest BCUT2D eigenvalue weighted by atomic mass is 35.5. The number of carbonyl (C=O) groups excluding carboxylic acids is 2. The second-order valence-corrected chi connectivity index (χ2v) is 11.5. The van der Waals surface area contributed by atoms with Crippen LogP contribution in [0.4, 0.5) is 4.39 Å². The number of thiophene rings is 1. The molecule has 1 atom stereocenters. The fraction of sp³-hybridized carbons (Fsp3) is 0.226. The van der Waals surface area contributed by atoms with Crippen molar-refractivity contribution in [2.45, 2.75) is 25.4 Å². The first kappa shape index (κ1) is 28.1. The number of nitrogens with zero attached hydrogens (tertiary/aromatic N) is 2. The summed E-state index contributed by atoms with van der Waals surface area (Å²) in [6.45, 7) is 0.533. The van der Waals surface area contributed by atoms with Crippen molar-refractivity contribution < 1.29 is 18.7 Å². The Balaban J connectivity index is 1.43. The highest BCUT2D eigenvalue weighted by Crippen LogP contribution is 2.41. The van der Waals surface area contributed by atoms with Crippen LogP contribution in [-0.4, -0.2) is 41.8 Å². The van der Waals surface area contributed by atoms with Crippen molar-refractivity contribution in [3.63, 3.8) is 0 Å². The summed E-state index contributed by atoms with van der Waals surface area (Å²) in [5.74, 6) is -0.0759. The van der Waals surface area contributed by atoms with Crippen LogP contribution in [0.5, 0.6) is 5.75 Å². The molecule has 2 heterocycles. The lowest BCUT2D eigenvalue weighted by atomic mass is 9.93. The summed E-state index contributed by atoms with van der Waals surface area (Å²) in [5.41, 5.74) is 3.35. The topological polar surface area (TPSA) is 49.9 Å². The zero-order valence-corrected chi connectivity index (χ0v) is 24.1. The maximum absolute atomic E-state index is 14.0. The monoisotopic (exact) mass is 596 g/mol. The molecule has 0 bridgehead atoms. The van der Waals surface area contributed by atoms with E-state index in [1.54, 1.807) is 59.7 Å². The van der Waals surface area contributed by atoms with E-state index in [-0.39, 0.29) is 37.1 Å². The van der Waals surface area contributed by atoms with Gasteiger partial charge in [-0.3, -0.25) is 9.59 Å². The zero-order valence-electron chi connectivity index (χ0n) is 21.8. The molecule has 0 fully saturated rings. The maximum Gasteiger partial charge on any atom is 0.243 e. The molecule has 0 N–H and O–H groups in total. The number of hydrogen-bond donors (Lipinski definition) is 0. The Morgan fingerprint density at radius 3 is 2.42 bits per heavy atom. The summed E-state index contributed by atoms with van der Waals surface area (Å²) in [7, 11) is 1.58. The van der Waals surface area contributed by atoms with E-state index in [4.69, 9.17) is 27.9 Å². The SMILES string of the molecule is COc1ccc(CC(=O)N(CC(=O)N2CCc3sccc3C2c2ccc(Cl)cc2Cl)Cc2ccc(F)cc2)cc1. The van der Waals surface area contributed by atoms with E-state index in [9.17, 15) is 14.0 Å². The molecule has 4 aromatic rings. The van der Waals surface area contributed by atoms with Crippen molar-refractivity contribution in [2.24, 2.45) is 0 Å². The molecule has 0 spiro atoms. The molecule has 40 heavy (non-hydrogen) atoms. The second-order valence-electron chi connectivity index (χ2n) is 9.61. The predicted molar refractivity (Wildman–Crippen MR) is 157 cm³/mol. The molecular weight excluding hydrogens is 570 g/mol. The number of fused-ring (bicyclic) bond motifs is 1. The summed E-state index contributed by atoms with van der Waals surface area (Å²) in [6.07, 6.45) is 0.831. The van der Waals surface area contributed by atoms with Crippen LogP contribution in [0.25, 0.3) is 0 Å². The molecule has 206 valence electrons. The Hall–Kier alpha value is -3.39. The van der Waals surface area contributed by atoms with Gasteiger partial charge in [-0.15, -0.1) is 11.3 Å². The van der Waals surface area contributed by atoms with Crippen molar-refractivity contribution in [2.75, 3.05) is 20.2 Å². The molecule has 2 amide bonds. The number of hydrogen-bond acceptors (Lipinski definition) is 4. The van der Waals surface area contributed by atoms with Crippen molar-refractivity contribution in [3.8, 4) is 5.75 Å². The first-order valence-electron chi connectivity index (χ1n) is 12.8. The van der Waals surface area contributed by atoms with Crippen molar-refractivity contribution in [1.82, 2.24) is 9.80 Å². The molecule has 1 aromatic heterocycles. The molecule has 1 aliphatic rings. The molecular formula is C31H27Cl2FN2O3S. The maximum atomic E-state index is 14.0. The Morgan fingerprint density at radius 2 is 1.73 bits per heavy atom. The summed E-state index contributed by atoms with van der Waals surface area (Å²) in [4.78, 5) is 32.1. The predicted octanol–water partition coefficient (Wildman–Crippen LogP) is 6.95. The van der Waals surface area contributed by atoms with E-state index in [2.05, 4.69) is 0 Å². The Labute approximate surface area is 246 Å². The number of amides is 2. The molecule has 0 aliphatic carbocycles. The van der Waals surface area contributed by atoms with Crippen LogP contribution in [0.15, 0.2) is 78.2 Å². The lowest BCUT2D eigenvalue weighted by Crippen LogP contribution is -2.47. The zero-order chi connectivity index (χ0) is 28.2. The fourth-order valence-electron chi connectivity index (χ4n) is 4.97. The van der Waals surface area contributed by atoms with E-state index in [0.29, 0.717) is 22.3 Å². The number of carbonyl (C=O) groups is 2. The van der Waals surface area contributed by atoms with Gasteiger partial charge < -0.3 is 14.5 Å². The van der Waals surface area contributed by atoms with Crippen LogP contribution in [0, 0.1) is 5.82 Å². The van der Waals surface area contributed by atoms with Gasteiger partial charge in [0.05, 0.1) is 19.6 Å². The third-order valence-corrected chi connectivity index (χ3v) is 8.58. The van der Waals surface area contributed by atoms with Gasteiger partial charge in [-0.05, 0) is 76.5 Å². The molecule has 0 saturated carbocycles. The molecule has 1 unspecified atom stereocenters.